The van der Waals surface area contributed by atoms with Gasteiger partial charge in [-0.2, -0.15) is 5.10 Å². The minimum absolute atomic E-state index is 0.0550. The molecule has 2 aromatic heterocycles. The molecule has 6 nitrogen and oxygen atoms in total. The van der Waals surface area contributed by atoms with Crippen molar-refractivity contribution in [3.05, 3.63) is 59.7 Å². The molecule has 1 fully saturated rings. The Morgan fingerprint density at radius 2 is 2.16 bits per heavy atom. The number of piperidine rings is 1. The van der Waals surface area contributed by atoms with Crippen LogP contribution in [0.15, 0.2) is 42.7 Å². The summed E-state index contributed by atoms with van der Waals surface area (Å²) in [5, 5.41) is 4.10. The van der Waals surface area contributed by atoms with E-state index in [4.69, 9.17) is 5.73 Å². The number of nitrogens with two attached hydrogens (primary N) is 1. The zero-order valence-electron chi connectivity index (χ0n) is 13.6. The number of benzene rings is 1. The van der Waals surface area contributed by atoms with Crippen molar-refractivity contribution in [2.45, 2.75) is 25.3 Å². The van der Waals surface area contributed by atoms with Gasteiger partial charge in [-0.15, -0.1) is 0 Å². The largest absolute Gasteiger partial charge is 0.365 e. The number of anilines is 1. The van der Waals surface area contributed by atoms with Crippen molar-refractivity contribution >= 4 is 17.4 Å². The zero-order chi connectivity index (χ0) is 17.4. The summed E-state index contributed by atoms with van der Waals surface area (Å²) in [6.07, 6.45) is 6.24. The van der Waals surface area contributed by atoms with Crippen LogP contribution in [0, 0.1) is 5.82 Å². The number of amides is 1. The lowest BCUT2D eigenvalue weighted by Gasteiger charge is -2.37. The number of aromatic nitrogens is 3. The fourth-order valence-corrected chi connectivity index (χ4v) is 3.46. The maximum absolute atomic E-state index is 13.7. The Hall–Kier alpha value is -2.96. The summed E-state index contributed by atoms with van der Waals surface area (Å²) in [5.74, 6) is -0.0531. The van der Waals surface area contributed by atoms with Crippen LogP contribution < -0.4 is 10.6 Å². The first-order valence-electron chi connectivity index (χ1n) is 8.30. The lowest BCUT2D eigenvalue weighted by Crippen LogP contribution is -2.34. The Labute approximate surface area is 144 Å². The molecule has 7 heteroatoms. The molecule has 4 rings (SSSR count). The van der Waals surface area contributed by atoms with Crippen LogP contribution in [0.3, 0.4) is 0 Å². The second kappa shape index (κ2) is 6.16. The first kappa shape index (κ1) is 15.6. The number of rotatable bonds is 3. The van der Waals surface area contributed by atoms with Crippen LogP contribution in [-0.4, -0.2) is 27.0 Å². The summed E-state index contributed by atoms with van der Waals surface area (Å²) >= 11 is 0. The fraction of sp³-hybridized carbons (Fsp3) is 0.278. The molecule has 0 aliphatic carbocycles. The molecule has 1 aromatic carbocycles. The van der Waals surface area contributed by atoms with Crippen molar-refractivity contribution in [3.8, 4) is 0 Å². The number of hydrogen-bond acceptors (Lipinski definition) is 4. The Morgan fingerprint density at radius 1 is 1.28 bits per heavy atom. The number of hydrogen-bond donors (Lipinski definition) is 1. The van der Waals surface area contributed by atoms with E-state index >= 15 is 0 Å². The summed E-state index contributed by atoms with van der Waals surface area (Å²) in [7, 11) is 0. The van der Waals surface area contributed by atoms with Gasteiger partial charge in [0.2, 0.25) is 0 Å². The minimum Gasteiger partial charge on any atom is -0.365 e. The third-order valence-electron chi connectivity index (χ3n) is 4.65. The van der Waals surface area contributed by atoms with Crippen molar-refractivity contribution in [2.75, 3.05) is 11.4 Å². The molecular weight excluding hydrogens is 321 g/mol. The monoisotopic (exact) mass is 339 g/mol. The van der Waals surface area contributed by atoms with E-state index < -0.39 is 5.91 Å². The topological polar surface area (TPSA) is 76.5 Å². The predicted octanol–water partition coefficient (Wildman–Crippen LogP) is 2.70. The van der Waals surface area contributed by atoms with Gasteiger partial charge >= 0.3 is 0 Å². The molecule has 0 radical (unpaired) electrons. The van der Waals surface area contributed by atoms with Crippen LogP contribution in [0.1, 0.15) is 41.2 Å². The Balaban J connectivity index is 1.76. The maximum atomic E-state index is 13.7. The summed E-state index contributed by atoms with van der Waals surface area (Å²) in [4.78, 5) is 18.3. The second-order valence-corrected chi connectivity index (χ2v) is 6.24. The molecule has 1 aliphatic heterocycles. The summed E-state index contributed by atoms with van der Waals surface area (Å²) in [5.41, 5.74) is 7.07. The van der Waals surface area contributed by atoms with Gasteiger partial charge in [-0.3, -0.25) is 4.79 Å². The highest BCUT2D eigenvalue weighted by atomic mass is 19.1. The number of nitrogens with zero attached hydrogens (tertiary/aromatic N) is 4. The van der Waals surface area contributed by atoms with Crippen molar-refractivity contribution in [2.24, 2.45) is 5.73 Å². The van der Waals surface area contributed by atoms with Gasteiger partial charge in [0.1, 0.15) is 17.2 Å². The van der Waals surface area contributed by atoms with Crippen LogP contribution in [0.2, 0.25) is 0 Å². The first-order chi connectivity index (χ1) is 12.1. The van der Waals surface area contributed by atoms with Crippen LogP contribution in [-0.2, 0) is 0 Å². The molecular formula is C18H18FN5O. The van der Waals surface area contributed by atoms with Gasteiger partial charge in [0.25, 0.3) is 5.91 Å². The number of primary amides is 1. The Bertz CT molecular complexity index is 938. The fourth-order valence-electron chi connectivity index (χ4n) is 3.46. The van der Waals surface area contributed by atoms with Gasteiger partial charge in [-0.25, -0.2) is 13.9 Å². The van der Waals surface area contributed by atoms with Gasteiger partial charge in [-0.1, -0.05) is 12.1 Å². The minimum atomic E-state index is -0.556. The molecule has 2 N–H and O–H groups in total. The highest BCUT2D eigenvalue weighted by Crippen LogP contribution is 2.34. The van der Waals surface area contributed by atoms with E-state index in [0.717, 1.165) is 37.2 Å². The molecule has 1 amide bonds. The standard InChI is InChI=1S/C18H18FN5O/c19-13-5-3-4-12(10-13)15-6-1-2-8-23(15)16-7-9-24-18(22-16)14(11-21-24)17(20)25/h3-5,7,9-11,15H,1-2,6,8H2,(H2,20,25)/t15-/m1/s1. The maximum Gasteiger partial charge on any atom is 0.254 e. The van der Waals surface area contributed by atoms with Gasteiger partial charge in [0.15, 0.2) is 5.65 Å². The van der Waals surface area contributed by atoms with Crippen molar-refractivity contribution in [3.63, 3.8) is 0 Å². The SMILES string of the molecule is NC(=O)c1cnn2ccc(N3CCCC[C@@H]3c3cccc(F)c3)nc12. The molecule has 1 saturated heterocycles. The van der Waals surface area contributed by atoms with E-state index in [-0.39, 0.29) is 11.9 Å². The van der Waals surface area contributed by atoms with Crippen LogP contribution in [0.25, 0.3) is 5.65 Å². The van der Waals surface area contributed by atoms with Gasteiger partial charge in [0.05, 0.1) is 12.2 Å². The second-order valence-electron chi connectivity index (χ2n) is 6.24. The average Bonchev–Trinajstić information content (AvgIpc) is 3.05. The van der Waals surface area contributed by atoms with E-state index in [2.05, 4.69) is 15.0 Å². The van der Waals surface area contributed by atoms with Crippen molar-refractivity contribution < 1.29 is 9.18 Å². The van der Waals surface area contributed by atoms with E-state index in [0.29, 0.717) is 11.2 Å². The van der Waals surface area contributed by atoms with E-state index in [9.17, 15) is 9.18 Å². The summed E-state index contributed by atoms with van der Waals surface area (Å²) in [6.45, 7) is 0.824. The Kier molecular flexibility index (Phi) is 3.83. The highest BCUT2D eigenvalue weighted by molar-refractivity contribution is 5.98. The smallest absolute Gasteiger partial charge is 0.254 e. The molecule has 3 aromatic rings. The van der Waals surface area contributed by atoms with Crippen molar-refractivity contribution in [1.29, 1.82) is 0 Å². The first-order valence-corrected chi connectivity index (χ1v) is 8.30. The third kappa shape index (κ3) is 2.82. The van der Waals surface area contributed by atoms with Crippen LogP contribution >= 0.6 is 0 Å². The normalized spacial score (nSPS) is 17.8. The van der Waals surface area contributed by atoms with E-state index in [1.165, 1.54) is 16.8 Å². The van der Waals surface area contributed by atoms with Gasteiger partial charge < -0.3 is 10.6 Å². The van der Waals surface area contributed by atoms with Crippen LogP contribution in [0.5, 0.6) is 0 Å². The van der Waals surface area contributed by atoms with E-state index in [1.54, 1.807) is 18.3 Å². The molecule has 128 valence electrons. The molecule has 25 heavy (non-hydrogen) atoms. The molecule has 0 unspecified atom stereocenters. The van der Waals surface area contributed by atoms with Gasteiger partial charge in [0, 0.05) is 12.7 Å². The van der Waals surface area contributed by atoms with E-state index in [1.807, 2.05) is 12.1 Å². The summed E-state index contributed by atoms with van der Waals surface area (Å²) in [6, 6.07) is 8.62. The highest BCUT2D eigenvalue weighted by Gasteiger charge is 2.26. The predicted molar refractivity (Wildman–Crippen MR) is 91.8 cm³/mol. The molecule has 0 spiro atoms. The number of carbonyl (C=O) groups is 1. The number of halogens is 1. The molecule has 0 bridgehead atoms. The average molecular weight is 339 g/mol. The number of fused-ring (bicyclic) bond motifs is 1. The molecule has 0 saturated carbocycles. The summed E-state index contributed by atoms with van der Waals surface area (Å²) < 4.78 is 15.2. The quantitative estimate of drug-likeness (QED) is 0.796. The lowest BCUT2D eigenvalue weighted by molar-refractivity contribution is 0.100. The van der Waals surface area contributed by atoms with Gasteiger partial charge in [-0.05, 0) is 43.0 Å². The van der Waals surface area contributed by atoms with Crippen molar-refractivity contribution in [1.82, 2.24) is 14.6 Å². The molecule has 3 heterocycles. The third-order valence-corrected chi connectivity index (χ3v) is 4.65. The van der Waals surface area contributed by atoms with Crippen LogP contribution in [0.4, 0.5) is 10.2 Å². The number of carbonyl (C=O) groups excluding carboxylic acids is 1. The Morgan fingerprint density at radius 3 is 2.96 bits per heavy atom. The zero-order valence-corrected chi connectivity index (χ0v) is 13.6. The lowest BCUT2D eigenvalue weighted by atomic mass is 9.95. The molecule has 1 aliphatic rings. The molecule has 1 atom stereocenters.